The van der Waals surface area contributed by atoms with Crippen LogP contribution in [-0.2, 0) is 14.3 Å². The van der Waals surface area contributed by atoms with E-state index in [0.29, 0.717) is 30.3 Å². The molecule has 0 amide bonds. The van der Waals surface area contributed by atoms with Crippen molar-refractivity contribution in [2.24, 2.45) is 10.8 Å². The Balaban J connectivity index is -0.000000414. The summed E-state index contributed by atoms with van der Waals surface area (Å²) in [5.41, 5.74) is 0.784. The fourth-order valence-corrected chi connectivity index (χ4v) is 2.57. The number of aliphatic carboxylic acids is 2. The fraction of sp³-hybridized carbons (Fsp3) is 0.923. The topological polar surface area (TPSA) is 124 Å². The molecule has 2 atom stereocenters. The number of hydrogen-bond acceptors (Lipinski definition) is 5. The van der Waals surface area contributed by atoms with Gasteiger partial charge in [0.25, 0.3) is 0 Å². The van der Waals surface area contributed by atoms with Gasteiger partial charge in [0.15, 0.2) is 0 Å². The van der Waals surface area contributed by atoms with Crippen LogP contribution >= 0.6 is 0 Å². The van der Waals surface area contributed by atoms with Crippen molar-refractivity contribution >= 4 is 11.9 Å². The van der Waals surface area contributed by atoms with E-state index in [1.807, 2.05) is 0 Å². The molecule has 0 aromatic carbocycles. The molecule has 200 valence electrons. The fourth-order valence-electron chi connectivity index (χ4n) is 2.57. The van der Waals surface area contributed by atoms with Crippen LogP contribution in [0.15, 0.2) is 0 Å². The molecular weight excluding hydrogens is 424 g/mol. The highest BCUT2D eigenvalue weighted by atomic mass is 16.5. The van der Waals surface area contributed by atoms with Crippen LogP contribution in [0.25, 0.3) is 0 Å². The van der Waals surface area contributed by atoms with Crippen molar-refractivity contribution in [3.8, 4) is 0 Å². The molecule has 0 aliphatic heterocycles. The number of carboxylic acids is 2. The third-order valence-corrected chi connectivity index (χ3v) is 4.51. The van der Waals surface area contributed by atoms with Crippen LogP contribution in [0.2, 0.25) is 0 Å². The summed E-state index contributed by atoms with van der Waals surface area (Å²) in [6.07, 6.45) is 8.45. The van der Waals surface area contributed by atoms with Gasteiger partial charge in [0, 0.05) is 12.8 Å². The smallest absolute Gasteiger partial charge is 0.303 e. The molecule has 0 rings (SSSR count). The van der Waals surface area contributed by atoms with Crippen molar-refractivity contribution in [3.63, 3.8) is 0 Å². The lowest BCUT2D eigenvalue weighted by atomic mass is 9.89. The number of hydrogen-bond donors (Lipinski definition) is 4. The Labute approximate surface area is 202 Å². The average Bonchev–Trinajstić information content (AvgIpc) is 2.64. The summed E-state index contributed by atoms with van der Waals surface area (Å²) in [5, 5.41) is 33.9. The Morgan fingerprint density at radius 1 is 0.727 bits per heavy atom. The van der Waals surface area contributed by atoms with Gasteiger partial charge < -0.3 is 25.2 Å². The van der Waals surface area contributed by atoms with Gasteiger partial charge in [-0.2, -0.15) is 0 Å². The first-order chi connectivity index (χ1) is 15.0. The number of aliphatic hydroxyl groups is 2. The summed E-state index contributed by atoms with van der Waals surface area (Å²) >= 11 is 0. The Morgan fingerprint density at radius 3 is 1.33 bits per heavy atom. The number of aliphatic hydroxyl groups excluding tert-OH is 2. The second-order valence-electron chi connectivity index (χ2n) is 11.2. The molecule has 0 saturated heterocycles. The molecule has 0 aromatic rings. The van der Waals surface area contributed by atoms with Gasteiger partial charge in [-0.3, -0.25) is 9.59 Å². The summed E-state index contributed by atoms with van der Waals surface area (Å²) < 4.78 is 4.95. The van der Waals surface area contributed by atoms with Gasteiger partial charge in [-0.15, -0.1) is 0 Å². The maximum Gasteiger partial charge on any atom is 0.303 e. The highest BCUT2D eigenvalue weighted by molar-refractivity contribution is 5.66. The van der Waals surface area contributed by atoms with Gasteiger partial charge in [0.05, 0.1) is 25.4 Å². The van der Waals surface area contributed by atoms with E-state index in [9.17, 15) is 9.59 Å². The van der Waals surface area contributed by atoms with Gasteiger partial charge >= 0.3 is 11.9 Å². The van der Waals surface area contributed by atoms with Crippen LogP contribution in [0.4, 0.5) is 0 Å². The monoisotopic (exact) mass is 478 g/mol. The van der Waals surface area contributed by atoms with Crippen LogP contribution in [0.3, 0.4) is 0 Å². The van der Waals surface area contributed by atoms with Gasteiger partial charge in [0.1, 0.15) is 0 Å². The minimum atomic E-state index is -0.675. The maximum absolute atomic E-state index is 10.2. The number of unbranched alkanes of at least 4 members (excludes halogenated alkanes) is 4. The van der Waals surface area contributed by atoms with E-state index >= 15 is 0 Å². The molecule has 0 fully saturated rings. The first-order valence-electron chi connectivity index (χ1n) is 12.3. The zero-order valence-corrected chi connectivity index (χ0v) is 22.7. The van der Waals surface area contributed by atoms with Crippen LogP contribution in [-0.4, -0.2) is 57.8 Å². The van der Waals surface area contributed by atoms with Crippen molar-refractivity contribution in [1.29, 1.82) is 0 Å². The number of carbonyl (C=O) groups is 2. The minimum Gasteiger partial charge on any atom is -0.481 e. The standard InChI is InChI=1S/2C10H20O2.C6H14O3/c2*1-10(2,3)8-6-4-5-7-9(11)12;1-5(8)4-9-6(2)3-7/h2*4-8H2,1-3H3,(H,11,12);5-8H,3-4H2,1-2H3. The Bertz CT molecular complexity index is 428. The summed E-state index contributed by atoms with van der Waals surface area (Å²) in [6, 6.07) is 0. The van der Waals surface area contributed by atoms with E-state index in [1.165, 1.54) is 12.8 Å². The largest absolute Gasteiger partial charge is 0.481 e. The van der Waals surface area contributed by atoms with Crippen molar-refractivity contribution < 1.29 is 34.8 Å². The van der Waals surface area contributed by atoms with Crippen molar-refractivity contribution in [2.75, 3.05) is 13.2 Å². The predicted octanol–water partition coefficient (Wildman–Crippen LogP) is 5.90. The molecular formula is C26H54O7. The predicted molar refractivity (Wildman–Crippen MR) is 135 cm³/mol. The highest BCUT2D eigenvalue weighted by Gasteiger charge is 2.09. The molecule has 0 aliphatic carbocycles. The zero-order valence-electron chi connectivity index (χ0n) is 22.7. The van der Waals surface area contributed by atoms with Crippen LogP contribution in [0, 0.1) is 10.8 Å². The third kappa shape index (κ3) is 45.1. The molecule has 7 heteroatoms. The summed E-state index contributed by atoms with van der Waals surface area (Å²) in [4.78, 5) is 20.3. The summed E-state index contributed by atoms with van der Waals surface area (Å²) in [5.74, 6) is -1.35. The Morgan fingerprint density at radius 2 is 1.09 bits per heavy atom. The molecule has 7 nitrogen and oxygen atoms in total. The van der Waals surface area contributed by atoms with E-state index in [4.69, 9.17) is 25.2 Å². The Hall–Kier alpha value is -1.18. The molecule has 0 aliphatic rings. The second kappa shape index (κ2) is 21.4. The van der Waals surface area contributed by atoms with Crippen molar-refractivity contribution in [1.82, 2.24) is 0 Å². The molecule has 0 aromatic heterocycles. The van der Waals surface area contributed by atoms with Crippen LogP contribution < -0.4 is 0 Å². The van der Waals surface area contributed by atoms with Gasteiger partial charge in [0.2, 0.25) is 0 Å². The Kier molecular flexibility index (Phi) is 23.6. The first-order valence-corrected chi connectivity index (χ1v) is 12.3. The summed E-state index contributed by atoms with van der Waals surface area (Å²) in [7, 11) is 0. The maximum atomic E-state index is 10.2. The molecule has 0 radical (unpaired) electrons. The van der Waals surface area contributed by atoms with E-state index < -0.39 is 18.0 Å². The third-order valence-electron chi connectivity index (χ3n) is 4.51. The SMILES string of the molecule is CC(C)(C)CCCCCC(=O)O.CC(C)(C)CCCCCC(=O)O.CC(O)COC(C)CO. The van der Waals surface area contributed by atoms with Gasteiger partial charge in [-0.25, -0.2) is 0 Å². The average molecular weight is 479 g/mol. The summed E-state index contributed by atoms with van der Waals surface area (Å²) in [6.45, 7) is 17.0. The van der Waals surface area contributed by atoms with E-state index in [2.05, 4.69) is 41.5 Å². The quantitative estimate of drug-likeness (QED) is 0.229. The highest BCUT2D eigenvalue weighted by Crippen LogP contribution is 2.22. The van der Waals surface area contributed by atoms with Crippen LogP contribution in [0.1, 0.15) is 120 Å². The number of ether oxygens (including phenoxy) is 1. The molecule has 0 spiro atoms. The first kappa shape index (κ1) is 36.4. The van der Waals surface area contributed by atoms with E-state index in [0.717, 1.165) is 38.5 Å². The van der Waals surface area contributed by atoms with Gasteiger partial charge in [-0.1, -0.05) is 67.2 Å². The lowest BCUT2D eigenvalue weighted by molar-refractivity contribution is -0.138. The lowest BCUT2D eigenvalue weighted by Gasteiger charge is -2.17. The van der Waals surface area contributed by atoms with Gasteiger partial charge in [-0.05, 0) is 50.4 Å². The molecule has 0 bridgehead atoms. The number of rotatable bonds is 14. The molecule has 33 heavy (non-hydrogen) atoms. The van der Waals surface area contributed by atoms with E-state index in [-0.39, 0.29) is 12.7 Å². The number of carboxylic acid groups (broad SMARTS) is 2. The molecule has 2 unspecified atom stereocenters. The second-order valence-corrected chi connectivity index (χ2v) is 11.2. The normalized spacial score (nSPS) is 13.2. The van der Waals surface area contributed by atoms with E-state index in [1.54, 1.807) is 13.8 Å². The van der Waals surface area contributed by atoms with Crippen molar-refractivity contribution in [3.05, 3.63) is 0 Å². The van der Waals surface area contributed by atoms with Crippen molar-refractivity contribution in [2.45, 2.75) is 132 Å². The molecule has 0 heterocycles. The zero-order chi connectivity index (χ0) is 26.5. The van der Waals surface area contributed by atoms with Crippen LogP contribution in [0.5, 0.6) is 0 Å². The lowest BCUT2D eigenvalue weighted by Crippen LogP contribution is -2.19. The minimum absolute atomic E-state index is 0.00667. The molecule has 4 N–H and O–H groups in total. The molecule has 0 saturated carbocycles.